The van der Waals surface area contributed by atoms with E-state index < -0.39 is 5.91 Å². The van der Waals surface area contributed by atoms with Crippen LogP contribution in [0.5, 0.6) is 0 Å². The Morgan fingerprint density at radius 2 is 1.59 bits per heavy atom. The van der Waals surface area contributed by atoms with Crippen LogP contribution in [-0.2, 0) is 4.79 Å². The number of benzene rings is 2. The molecule has 0 aliphatic carbocycles. The van der Waals surface area contributed by atoms with E-state index >= 15 is 0 Å². The summed E-state index contributed by atoms with van der Waals surface area (Å²) in [5.41, 5.74) is 10.5. The molecule has 0 radical (unpaired) electrons. The van der Waals surface area contributed by atoms with Gasteiger partial charge >= 0.3 is 0 Å². The number of hydrogen-bond acceptors (Lipinski definition) is 3. The molecule has 0 aliphatic heterocycles. The van der Waals surface area contributed by atoms with Gasteiger partial charge < -0.3 is 5.73 Å². The third kappa shape index (κ3) is 4.28. The third-order valence-corrected chi connectivity index (χ3v) is 3.03. The number of carbonyl (C=O) groups excluding carboxylic acids is 2. The van der Waals surface area contributed by atoms with Crippen molar-refractivity contribution in [3.63, 3.8) is 0 Å². The maximum Gasteiger partial charge on any atom is 0.271 e. The highest BCUT2D eigenvalue weighted by Crippen LogP contribution is 2.19. The number of nitrogens with zero attached hydrogens (tertiary/aromatic N) is 1. The Labute approximate surface area is 128 Å². The molecule has 0 fully saturated rings. The molecule has 0 bridgehead atoms. The van der Waals surface area contributed by atoms with Crippen LogP contribution in [0.3, 0.4) is 0 Å². The number of amides is 2. The quantitative estimate of drug-likeness (QED) is 0.655. The molecule has 3 N–H and O–H groups in total. The van der Waals surface area contributed by atoms with Crippen molar-refractivity contribution in [1.29, 1.82) is 0 Å². The van der Waals surface area contributed by atoms with E-state index in [0.717, 1.165) is 11.1 Å². The zero-order chi connectivity index (χ0) is 15.9. The summed E-state index contributed by atoms with van der Waals surface area (Å²) >= 11 is 0. The van der Waals surface area contributed by atoms with Crippen molar-refractivity contribution in [3.8, 4) is 11.1 Å². The van der Waals surface area contributed by atoms with Crippen LogP contribution in [0, 0.1) is 0 Å². The molecular weight excluding hydrogens is 278 g/mol. The molecule has 22 heavy (non-hydrogen) atoms. The largest absolute Gasteiger partial charge is 0.369 e. The van der Waals surface area contributed by atoms with Crippen molar-refractivity contribution in [3.05, 3.63) is 60.2 Å². The van der Waals surface area contributed by atoms with E-state index in [-0.39, 0.29) is 12.3 Å². The number of carbonyl (C=O) groups is 2. The first-order valence-corrected chi connectivity index (χ1v) is 6.83. The average Bonchev–Trinajstić information content (AvgIpc) is 2.53. The third-order valence-electron chi connectivity index (χ3n) is 3.03. The topological polar surface area (TPSA) is 84.6 Å². The molecular formula is C17H17N3O2. The van der Waals surface area contributed by atoms with Crippen molar-refractivity contribution >= 4 is 17.5 Å². The van der Waals surface area contributed by atoms with Crippen molar-refractivity contribution in [2.24, 2.45) is 10.8 Å². The monoisotopic (exact) mass is 295 g/mol. The number of hydrazone groups is 1. The number of nitrogens with one attached hydrogen (secondary N) is 1. The highest BCUT2D eigenvalue weighted by molar-refractivity contribution is 6.00. The van der Waals surface area contributed by atoms with Crippen LogP contribution in [0.15, 0.2) is 59.7 Å². The average molecular weight is 295 g/mol. The van der Waals surface area contributed by atoms with Gasteiger partial charge in [-0.25, -0.2) is 5.43 Å². The van der Waals surface area contributed by atoms with E-state index in [2.05, 4.69) is 10.5 Å². The fourth-order valence-corrected chi connectivity index (χ4v) is 1.95. The van der Waals surface area contributed by atoms with Gasteiger partial charge in [-0.2, -0.15) is 5.10 Å². The minimum atomic E-state index is -0.484. The second-order valence-corrected chi connectivity index (χ2v) is 4.87. The predicted octanol–water partition coefficient (Wildman–Crippen LogP) is 2.33. The molecule has 2 aromatic carbocycles. The van der Waals surface area contributed by atoms with E-state index in [9.17, 15) is 9.59 Å². The number of rotatable bonds is 5. The predicted molar refractivity (Wildman–Crippen MR) is 86.3 cm³/mol. The molecule has 2 rings (SSSR count). The Kier molecular flexibility index (Phi) is 5.03. The molecule has 0 heterocycles. The van der Waals surface area contributed by atoms with Crippen LogP contribution in [0.1, 0.15) is 23.7 Å². The van der Waals surface area contributed by atoms with Gasteiger partial charge in [0, 0.05) is 11.3 Å². The van der Waals surface area contributed by atoms with Gasteiger partial charge in [-0.3, -0.25) is 9.59 Å². The lowest BCUT2D eigenvalue weighted by atomic mass is 10.0. The Morgan fingerprint density at radius 1 is 1.00 bits per heavy atom. The van der Waals surface area contributed by atoms with Crippen molar-refractivity contribution in [2.75, 3.05) is 0 Å². The molecule has 0 unspecified atom stereocenters. The van der Waals surface area contributed by atoms with E-state index in [4.69, 9.17) is 5.73 Å². The van der Waals surface area contributed by atoms with Crippen LogP contribution in [0.4, 0.5) is 0 Å². The van der Waals surface area contributed by atoms with Gasteiger partial charge in [-0.15, -0.1) is 0 Å². The van der Waals surface area contributed by atoms with Gasteiger partial charge in [0.25, 0.3) is 5.91 Å². The van der Waals surface area contributed by atoms with Gasteiger partial charge in [-0.1, -0.05) is 42.5 Å². The molecule has 0 atom stereocenters. The minimum absolute atomic E-state index is 0.0211. The summed E-state index contributed by atoms with van der Waals surface area (Å²) in [6.07, 6.45) is 0.0211. The summed E-state index contributed by atoms with van der Waals surface area (Å²) in [7, 11) is 0. The lowest BCUT2D eigenvalue weighted by Gasteiger charge is -2.04. The van der Waals surface area contributed by atoms with Gasteiger partial charge in [-0.05, 0) is 30.2 Å². The standard InChI is InChI=1S/C17H17N3O2/c1-12(11-16(18)21)19-20-17(22)15-9-7-14(8-10-15)13-5-3-2-4-6-13/h2-10H,11H2,1H3,(H2,18,21)(H,20,22). The maximum atomic E-state index is 11.9. The molecule has 0 spiro atoms. The molecule has 5 heteroatoms. The lowest BCUT2D eigenvalue weighted by molar-refractivity contribution is -0.116. The molecule has 0 saturated carbocycles. The fraction of sp³-hybridized carbons (Fsp3) is 0.118. The first-order valence-electron chi connectivity index (χ1n) is 6.83. The highest BCUT2D eigenvalue weighted by atomic mass is 16.2. The summed E-state index contributed by atoms with van der Waals surface area (Å²) < 4.78 is 0. The number of primary amides is 1. The molecule has 0 saturated heterocycles. The van der Waals surface area contributed by atoms with Crippen molar-refractivity contribution in [1.82, 2.24) is 5.43 Å². The normalized spacial score (nSPS) is 11.0. The van der Waals surface area contributed by atoms with Crippen LogP contribution < -0.4 is 11.2 Å². The zero-order valence-electron chi connectivity index (χ0n) is 12.2. The van der Waals surface area contributed by atoms with E-state index in [1.165, 1.54) is 0 Å². The van der Waals surface area contributed by atoms with Crippen LogP contribution >= 0.6 is 0 Å². The maximum absolute atomic E-state index is 11.9. The Hall–Kier alpha value is -2.95. The lowest BCUT2D eigenvalue weighted by Crippen LogP contribution is -2.21. The first-order chi connectivity index (χ1) is 10.6. The SMILES string of the molecule is CC(CC(N)=O)=NNC(=O)c1ccc(-c2ccccc2)cc1. The van der Waals surface area contributed by atoms with Gasteiger partial charge in [0.2, 0.25) is 5.91 Å². The smallest absolute Gasteiger partial charge is 0.271 e. The summed E-state index contributed by atoms with van der Waals surface area (Å²) in [5, 5.41) is 3.84. The van der Waals surface area contributed by atoms with E-state index in [1.807, 2.05) is 42.5 Å². The second-order valence-electron chi connectivity index (χ2n) is 4.87. The van der Waals surface area contributed by atoms with Gasteiger partial charge in [0.1, 0.15) is 0 Å². The van der Waals surface area contributed by atoms with Gasteiger partial charge in [0.05, 0.1) is 6.42 Å². The minimum Gasteiger partial charge on any atom is -0.369 e. The highest BCUT2D eigenvalue weighted by Gasteiger charge is 2.06. The number of nitrogens with two attached hydrogens (primary N) is 1. The zero-order valence-corrected chi connectivity index (χ0v) is 12.2. The van der Waals surface area contributed by atoms with Gasteiger partial charge in [0.15, 0.2) is 0 Å². The van der Waals surface area contributed by atoms with Crippen LogP contribution in [0.25, 0.3) is 11.1 Å². The summed E-state index contributed by atoms with van der Waals surface area (Å²) in [6, 6.07) is 17.1. The van der Waals surface area contributed by atoms with Crippen LogP contribution in [-0.4, -0.2) is 17.5 Å². The number of hydrogen-bond donors (Lipinski definition) is 2. The Balaban J connectivity index is 2.04. The molecule has 5 nitrogen and oxygen atoms in total. The summed E-state index contributed by atoms with van der Waals surface area (Å²) in [5.74, 6) is -0.814. The Morgan fingerprint density at radius 3 is 2.18 bits per heavy atom. The summed E-state index contributed by atoms with van der Waals surface area (Å²) in [6.45, 7) is 1.63. The first kappa shape index (κ1) is 15.4. The van der Waals surface area contributed by atoms with Crippen molar-refractivity contribution in [2.45, 2.75) is 13.3 Å². The van der Waals surface area contributed by atoms with Crippen LogP contribution in [0.2, 0.25) is 0 Å². The van der Waals surface area contributed by atoms with Crippen molar-refractivity contribution < 1.29 is 9.59 Å². The Bertz CT molecular complexity index is 692. The fourth-order valence-electron chi connectivity index (χ4n) is 1.95. The van der Waals surface area contributed by atoms with E-state index in [1.54, 1.807) is 19.1 Å². The molecule has 0 aliphatic rings. The van der Waals surface area contributed by atoms with E-state index in [0.29, 0.717) is 11.3 Å². The molecule has 0 aromatic heterocycles. The molecule has 2 amide bonds. The second kappa shape index (κ2) is 7.17. The molecule has 112 valence electrons. The summed E-state index contributed by atoms with van der Waals surface area (Å²) in [4.78, 5) is 22.7. The molecule has 2 aromatic rings.